The molecule has 1 aliphatic rings. The van der Waals surface area contributed by atoms with Gasteiger partial charge in [0.25, 0.3) is 5.91 Å². The predicted molar refractivity (Wildman–Crippen MR) is 81.2 cm³/mol. The molecule has 0 aromatic carbocycles. The Morgan fingerprint density at radius 3 is 2.95 bits per heavy atom. The first-order valence-corrected chi connectivity index (χ1v) is 7.80. The van der Waals surface area contributed by atoms with Crippen molar-refractivity contribution in [2.75, 3.05) is 39.9 Å². The highest BCUT2D eigenvalue weighted by Crippen LogP contribution is 2.24. The van der Waals surface area contributed by atoms with Crippen LogP contribution in [0.25, 0.3) is 10.6 Å². The van der Waals surface area contributed by atoms with Crippen LogP contribution >= 0.6 is 11.3 Å². The van der Waals surface area contributed by atoms with Crippen LogP contribution in [0.5, 0.6) is 0 Å². The van der Waals surface area contributed by atoms with Crippen LogP contribution in [0.3, 0.4) is 0 Å². The van der Waals surface area contributed by atoms with Gasteiger partial charge in [-0.1, -0.05) is 11.2 Å². The molecule has 0 spiro atoms. The monoisotopic (exact) mass is 306 g/mol. The molecule has 0 radical (unpaired) electrons. The lowest BCUT2D eigenvalue weighted by Gasteiger charge is -2.32. The lowest BCUT2D eigenvalue weighted by Crippen LogP contribution is -2.48. The average Bonchev–Trinajstić information content (AvgIpc) is 3.17. The summed E-state index contributed by atoms with van der Waals surface area (Å²) in [5.74, 6) is 0.440. The number of rotatable bonds is 4. The molecule has 7 heteroatoms. The number of likely N-dealkylation sites (N-methyl/N-ethyl adjacent to an activating group) is 1. The lowest BCUT2D eigenvalue weighted by molar-refractivity contribution is 0.0881. The third-order valence-corrected chi connectivity index (χ3v) is 4.45. The average molecular weight is 306 g/mol. The molecule has 0 bridgehead atoms. The Labute approximate surface area is 127 Å². The van der Waals surface area contributed by atoms with Crippen LogP contribution in [0.2, 0.25) is 0 Å². The molecule has 1 amide bonds. The van der Waals surface area contributed by atoms with E-state index in [1.165, 1.54) is 0 Å². The smallest absolute Gasteiger partial charge is 0.274 e. The zero-order valence-electron chi connectivity index (χ0n) is 11.9. The minimum absolute atomic E-state index is 0.194. The highest BCUT2D eigenvalue weighted by molar-refractivity contribution is 7.13. The Kier molecular flexibility index (Phi) is 4.33. The van der Waals surface area contributed by atoms with Gasteiger partial charge < -0.3 is 14.7 Å². The first-order chi connectivity index (χ1) is 10.2. The van der Waals surface area contributed by atoms with Crippen molar-refractivity contribution in [3.05, 3.63) is 29.3 Å². The first-order valence-electron chi connectivity index (χ1n) is 6.92. The molecule has 2 aromatic rings. The van der Waals surface area contributed by atoms with Gasteiger partial charge in [0.1, 0.15) is 0 Å². The van der Waals surface area contributed by atoms with Crippen molar-refractivity contribution >= 4 is 17.2 Å². The van der Waals surface area contributed by atoms with E-state index in [2.05, 4.69) is 27.3 Å². The van der Waals surface area contributed by atoms with Crippen LogP contribution in [-0.2, 0) is 0 Å². The van der Waals surface area contributed by atoms with Crippen molar-refractivity contribution in [2.45, 2.75) is 0 Å². The van der Waals surface area contributed by atoms with E-state index in [4.69, 9.17) is 4.52 Å². The van der Waals surface area contributed by atoms with E-state index in [-0.39, 0.29) is 5.91 Å². The van der Waals surface area contributed by atoms with Crippen molar-refractivity contribution in [3.63, 3.8) is 0 Å². The standard InChI is InChI=1S/C14H18N4O2S/c1-17-4-6-18(7-5-17)10-15-14(19)11-9-12(20-16-11)13-3-2-8-21-13/h2-3,8-9H,4-7,10H2,1H3,(H,15,19). The third kappa shape index (κ3) is 3.49. The Morgan fingerprint density at radius 1 is 1.43 bits per heavy atom. The summed E-state index contributed by atoms with van der Waals surface area (Å²) in [6, 6.07) is 5.57. The van der Waals surface area contributed by atoms with Gasteiger partial charge in [-0.15, -0.1) is 11.3 Å². The van der Waals surface area contributed by atoms with Gasteiger partial charge >= 0.3 is 0 Å². The van der Waals surface area contributed by atoms with E-state index >= 15 is 0 Å². The van der Waals surface area contributed by atoms with Gasteiger partial charge in [0.2, 0.25) is 0 Å². The molecular weight excluding hydrogens is 288 g/mol. The number of nitrogens with one attached hydrogen (secondary N) is 1. The predicted octanol–water partition coefficient (Wildman–Crippen LogP) is 1.34. The molecule has 0 aliphatic carbocycles. The third-order valence-electron chi connectivity index (χ3n) is 3.57. The lowest BCUT2D eigenvalue weighted by atomic mass is 10.3. The van der Waals surface area contributed by atoms with Crippen molar-refractivity contribution < 1.29 is 9.32 Å². The van der Waals surface area contributed by atoms with E-state index in [0.29, 0.717) is 18.1 Å². The molecule has 1 fully saturated rings. The summed E-state index contributed by atoms with van der Waals surface area (Å²) in [6.45, 7) is 4.55. The quantitative estimate of drug-likeness (QED) is 0.923. The Bertz CT molecular complexity index is 588. The van der Waals surface area contributed by atoms with Gasteiger partial charge in [-0.05, 0) is 18.5 Å². The number of carbonyl (C=O) groups excluding carboxylic acids is 1. The van der Waals surface area contributed by atoms with Crippen molar-refractivity contribution in [1.82, 2.24) is 20.3 Å². The molecule has 3 heterocycles. The maximum atomic E-state index is 12.1. The molecule has 3 rings (SSSR count). The van der Waals surface area contributed by atoms with Crippen LogP contribution in [0, 0.1) is 0 Å². The molecule has 21 heavy (non-hydrogen) atoms. The molecule has 1 N–H and O–H groups in total. The van der Waals surface area contributed by atoms with Crippen LogP contribution in [0.4, 0.5) is 0 Å². The Morgan fingerprint density at radius 2 is 2.24 bits per heavy atom. The first kappa shape index (κ1) is 14.2. The second-order valence-corrected chi connectivity index (χ2v) is 6.09. The van der Waals surface area contributed by atoms with Crippen LogP contribution in [0.1, 0.15) is 10.5 Å². The fourth-order valence-corrected chi connectivity index (χ4v) is 2.87. The maximum Gasteiger partial charge on any atom is 0.274 e. The number of thiophene rings is 1. The summed E-state index contributed by atoms with van der Waals surface area (Å²) in [7, 11) is 2.11. The SMILES string of the molecule is CN1CCN(CNC(=O)c2cc(-c3cccs3)on2)CC1. The molecule has 2 aromatic heterocycles. The summed E-state index contributed by atoms with van der Waals surface area (Å²) in [6.07, 6.45) is 0. The van der Waals surface area contributed by atoms with Gasteiger partial charge in [-0.3, -0.25) is 9.69 Å². The summed E-state index contributed by atoms with van der Waals surface area (Å²) < 4.78 is 5.22. The molecule has 112 valence electrons. The van der Waals surface area contributed by atoms with Gasteiger partial charge in [0, 0.05) is 32.2 Å². The van der Waals surface area contributed by atoms with E-state index in [1.54, 1.807) is 17.4 Å². The summed E-state index contributed by atoms with van der Waals surface area (Å²) in [4.78, 5) is 17.5. The number of hydrogen-bond acceptors (Lipinski definition) is 6. The number of piperazine rings is 1. The second-order valence-electron chi connectivity index (χ2n) is 5.14. The zero-order valence-corrected chi connectivity index (χ0v) is 12.7. The normalized spacial score (nSPS) is 17.0. The Hall–Kier alpha value is -1.70. The van der Waals surface area contributed by atoms with Crippen molar-refractivity contribution in [1.29, 1.82) is 0 Å². The summed E-state index contributed by atoms with van der Waals surface area (Å²) in [5.41, 5.74) is 0.326. The maximum absolute atomic E-state index is 12.1. The van der Waals surface area contributed by atoms with E-state index in [0.717, 1.165) is 31.1 Å². The topological polar surface area (TPSA) is 61.6 Å². The highest BCUT2D eigenvalue weighted by atomic mass is 32.1. The molecule has 0 saturated carbocycles. The van der Waals surface area contributed by atoms with Gasteiger partial charge in [-0.25, -0.2) is 0 Å². The molecule has 0 atom stereocenters. The fraction of sp³-hybridized carbons (Fsp3) is 0.429. The van der Waals surface area contributed by atoms with E-state index < -0.39 is 0 Å². The van der Waals surface area contributed by atoms with Crippen LogP contribution < -0.4 is 5.32 Å². The number of amides is 1. The number of nitrogens with zero attached hydrogens (tertiary/aromatic N) is 3. The van der Waals surface area contributed by atoms with Gasteiger partial charge in [-0.2, -0.15) is 0 Å². The molecular formula is C14H18N4O2S. The molecule has 6 nitrogen and oxygen atoms in total. The van der Waals surface area contributed by atoms with Gasteiger partial charge in [0.05, 0.1) is 11.5 Å². The highest BCUT2D eigenvalue weighted by Gasteiger charge is 2.17. The van der Waals surface area contributed by atoms with Crippen LogP contribution in [-0.4, -0.2) is 60.8 Å². The molecule has 1 aliphatic heterocycles. The van der Waals surface area contributed by atoms with Crippen molar-refractivity contribution in [2.24, 2.45) is 0 Å². The minimum Gasteiger partial charge on any atom is -0.355 e. The van der Waals surface area contributed by atoms with Crippen LogP contribution in [0.15, 0.2) is 28.1 Å². The van der Waals surface area contributed by atoms with E-state index in [1.807, 2.05) is 17.5 Å². The molecule has 0 unspecified atom stereocenters. The number of carbonyl (C=O) groups is 1. The minimum atomic E-state index is -0.194. The van der Waals surface area contributed by atoms with Gasteiger partial charge in [0.15, 0.2) is 11.5 Å². The fourth-order valence-electron chi connectivity index (χ4n) is 2.20. The Balaban J connectivity index is 1.54. The van der Waals surface area contributed by atoms with Crippen molar-refractivity contribution in [3.8, 4) is 10.6 Å². The number of hydrogen-bond donors (Lipinski definition) is 1. The summed E-state index contributed by atoms with van der Waals surface area (Å²) in [5, 5.41) is 8.70. The number of aromatic nitrogens is 1. The summed E-state index contributed by atoms with van der Waals surface area (Å²) >= 11 is 1.56. The van der Waals surface area contributed by atoms with E-state index in [9.17, 15) is 4.79 Å². The largest absolute Gasteiger partial charge is 0.355 e. The molecule has 1 saturated heterocycles. The second kappa shape index (κ2) is 6.38. The zero-order chi connectivity index (χ0) is 14.7.